The molecule has 0 N–H and O–H groups in total. The van der Waals surface area contributed by atoms with Crippen LogP contribution in [0.2, 0.25) is 0 Å². The molecule has 1 saturated carbocycles. The molecule has 1 aliphatic carbocycles. The van der Waals surface area contributed by atoms with Gasteiger partial charge in [-0.05, 0) is 62.6 Å². The maximum atomic E-state index is 11.0. The second-order valence-electron chi connectivity index (χ2n) is 7.88. The van der Waals surface area contributed by atoms with Gasteiger partial charge >= 0.3 is 0 Å². The number of hydrogen-bond acceptors (Lipinski definition) is 2. The lowest BCUT2D eigenvalue weighted by Crippen LogP contribution is -2.19. The third kappa shape index (κ3) is 28.1. The van der Waals surface area contributed by atoms with E-state index in [0.29, 0.717) is 0 Å². The fourth-order valence-corrected chi connectivity index (χ4v) is 1.94. The first-order valence-electron chi connectivity index (χ1n) is 11.8. The lowest BCUT2D eigenvalue weighted by Gasteiger charge is -2.06. The summed E-state index contributed by atoms with van der Waals surface area (Å²) in [6, 6.07) is 11.2. The van der Waals surface area contributed by atoms with E-state index in [9.17, 15) is 4.79 Å². The molecule has 0 radical (unpaired) electrons. The van der Waals surface area contributed by atoms with E-state index in [-0.39, 0.29) is 19.0 Å². The summed E-state index contributed by atoms with van der Waals surface area (Å²) in [6.45, 7) is 23.1. The highest BCUT2D eigenvalue weighted by molar-refractivity contribution is 4.94. The van der Waals surface area contributed by atoms with Crippen LogP contribution < -0.4 is 5.56 Å². The highest BCUT2D eigenvalue weighted by atomic mass is 16.1. The first-order valence-corrected chi connectivity index (χ1v) is 11.8. The Kier molecular flexibility index (Phi) is 30.7. The Morgan fingerprint density at radius 1 is 0.806 bits per heavy atom. The van der Waals surface area contributed by atoms with E-state index >= 15 is 0 Å². The van der Waals surface area contributed by atoms with Gasteiger partial charge < -0.3 is 4.57 Å². The van der Waals surface area contributed by atoms with Crippen LogP contribution in [0.4, 0.5) is 0 Å². The fraction of sp³-hybridized carbons (Fsp3) is 0.643. The molecule has 0 aromatic carbocycles. The molecule has 0 amide bonds. The van der Waals surface area contributed by atoms with Gasteiger partial charge in [0, 0.05) is 30.7 Å². The molecule has 0 bridgehead atoms. The topological polar surface area (TPSA) is 34.9 Å². The molecule has 2 aromatic rings. The molecule has 3 nitrogen and oxygen atoms in total. The number of pyridine rings is 2. The van der Waals surface area contributed by atoms with Crippen LogP contribution in [0.25, 0.3) is 0 Å². The van der Waals surface area contributed by atoms with Crippen molar-refractivity contribution in [2.45, 2.75) is 102 Å². The van der Waals surface area contributed by atoms with Crippen LogP contribution in [0.3, 0.4) is 0 Å². The van der Waals surface area contributed by atoms with Gasteiger partial charge in [-0.15, -0.1) is 0 Å². The number of nitrogens with zero attached hydrogens (tertiary/aromatic N) is 2. The van der Waals surface area contributed by atoms with Gasteiger partial charge in [0.2, 0.25) is 0 Å². The first kappa shape index (κ1) is 36.5. The molecule has 0 aliphatic heterocycles. The van der Waals surface area contributed by atoms with Gasteiger partial charge in [-0.25, -0.2) is 0 Å². The molecule has 0 atom stereocenters. The average molecular weight is 435 g/mol. The van der Waals surface area contributed by atoms with Crippen molar-refractivity contribution in [1.82, 2.24) is 9.55 Å². The molecule has 0 saturated heterocycles. The van der Waals surface area contributed by atoms with Crippen molar-refractivity contribution in [2.75, 3.05) is 0 Å². The van der Waals surface area contributed by atoms with E-state index in [1.165, 1.54) is 12.8 Å². The van der Waals surface area contributed by atoms with E-state index in [0.717, 1.165) is 17.8 Å². The van der Waals surface area contributed by atoms with Gasteiger partial charge in [0.1, 0.15) is 0 Å². The maximum Gasteiger partial charge on any atom is 0.250 e. The van der Waals surface area contributed by atoms with Crippen molar-refractivity contribution in [1.29, 1.82) is 0 Å². The fourth-order valence-electron chi connectivity index (χ4n) is 1.94. The molecule has 182 valence electrons. The van der Waals surface area contributed by atoms with Crippen LogP contribution in [0.15, 0.2) is 59.8 Å². The highest BCUT2D eigenvalue weighted by Gasteiger charge is 2.23. The van der Waals surface area contributed by atoms with Gasteiger partial charge in [0.05, 0.1) is 0 Å². The molecule has 3 rings (SSSR count). The summed E-state index contributed by atoms with van der Waals surface area (Å²) in [7, 11) is 0. The van der Waals surface area contributed by atoms with Crippen molar-refractivity contribution < 1.29 is 0 Å². The molecule has 1 fully saturated rings. The SMILES string of the molecule is C.CC.CC.CC(C)C.CC(C)C1CC1.CC(C)n1ccccc1=O.c1ccncc1. The summed E-state index contributed by atoms with van der Waals surface area (Å²) in [5.74, 6) is 2.90. The summed E-state index contributed by atoms with van der Waals surface area (Å²) in [6.07, 6.45) is 8.29. The molecule has 31 heavy (non-hydrogen) atoms. The minimum atomic E-state index is 0. The number of aromatic nitrogens is 2. The van der Waals surface area contributed by atoms with Crippen molar-refractivity contribution in [3.8, 4) is 0 Å². The van der Waals surface area contributed by atoms with E-state index in [2.05, 4.69) is 39.6 Å². The van der Waals surface area contributed by atoms with Crippen LogP contribution >= 0.6 is 0 Å². The zero-order valence-electron chi connectivity index (χ0n) is 21.7. The zero-order chi connectivity index (χ0) is 23.9. The number of rotatable bonds is 2. The Morgan fingerprint density at radius 3 is 1.42 bits per heavy atom. The van der Waals surface area contributed by atoms with Gasteiger partial charge in [0.15, 0.2) is 0 Å². The largest absolute Gasteiger partial charge is 0.313 e. The van der Waals surface area contributed by atoms with E-state index in [1.54, 1.807) is 35.3 Å². The Morgan fingerprint density at radius 2 is 1.26 bits per heavy atom. The van der Waals surface area contributed by atoms with Gasteiger partial charge in [0.25, 0.3) is 5.56 Å². The lowest BCUT2D eigenvalue weighted by molar-refractivity contribution is 0.563. The molecular formula is C28H54N2O. The lowest BCUT2D eigenvalue weighted by atomic mass is 10.1. The standard InChI is InChI=1S/C8H11NO.C6H12.C5H5N.C4H10.2C2H6.CH4/c1-7(2)9-6-4-3-5-8(9)10;1-5(2)6-3-4-6;1-2-4-6-5-3-1;1-4(2)3;2*1-2;/h3-7H,1-2H3;5-6H,3-4H2,1-2H3;1-5H;4H,1-3H3;2*1-2H3;1H4. The van der Waals surface area contributed by atoms with E-state index < -0.39 is 0 Å². The van der Waals surface area contributed by atoms with Gasteiger partial charge in [-0.2, -0.15) is 0 Å². The second kappa shape index (κ2) is 26.1. The average Bonchev–Trinajstić information content (AvgIpc) is 3.59. The van der Waals surface area contributed by atoms with Crippen LogP contribution in [0.5, 0.6) is 0 Å². The molecule has 0 unspecified atom stereocenters. The molecule has 2 aromatic heterocycles. The minimum Gasteiger partial charge on any atom is -0.313 e. The van der Waals surface area contributed by atoms with Gasteiger partial charge in [-0.1, -0.05) is 81.9 Å². The molecule has 3 heteroatoms. The predicted octanol–water partition coefficient (Wildman–Crippen LogP) is 8.91. The molecule has 1 aliphatic rings. The van der Waals surface area contributed by atoms with Crippen LogP contribution in [-0.2, 0) is 0 Å². The quantitative estimate of drug-likeness (QED) is 0.473. The maximum absolute atomic E-state index is 11.0. The van der Waals surface area contributed by atoms with Crippen molar-refractivity contribution >= 4 is 0 Å². The molecule has 2 heterocycles. The normalized spacial score (nSPS) is 10.8. The summed E-state index contributed by atoms with van der Waals surface area (Å²) >= 11 is 0. The van der Waals surface area contributed by atoms with Gasteiger partial charge in [-0.3, -0.25) is 9.78 Å². The Bertz CT molecular complexity index is 570. The van der Waals surface area contributed by atoms with E-state index in [1.807, 2.05) is 65.8 Å². The first-order chi connectivity index (χ1) is 14.3. The van der Waals surface area contributed by atoms with Crippen molar-refractivity contribution in [3.63, 3.8) is 0 Å². The minimum absolute atomic E-state index is 0. The van der Waals surface area contributed by atoms with E-state index in [4.69, 9.17) is 0 Å². The molecule has 0 spiro atoms. The molecular weight excluding hydrogens is 380 g/mol. The monoisotopic (exact) mass is 434 g/mol. The smallest absolute Gasteiger partial charge is 0.250 e. The summed E-state index contributed by atoms with van der Waals surface area (Å²) in [4.78, 5) is 14.8. The highest BCUT2D eigenvalue weighted by Crippen LogP contribution is 2.35. The summed E-state index contributed by atoms with van der Waals surface area (Å²) in [5, 5.41) is 0. The van der Waals surface area contributed by atoms with Crippen molar-refractivity contribution in [2.24, 2.45) is 17.8 Å². The third-order valence-corrected chi connectivity index (χ3v) is 3.54. The number of hydrogen-bond donors (Lipinski definition) is 0. The van der Waals surface area contributed by atoms with Crippen LogP contribution in [-0.4, -0.2) is 9.55 Å². The zero-order valence-corrected chi connectivity index (χ0v) is 21.7. The van der Waals surface area contributed by atoms with Crippen molar-refractivity contribution in [3.05, 3.63) is 65.3 Å². The second-order valence-corrected chi connectivity index (χ2v) is 7.88. The van der Waals surface area contributed by atoms with Crippen LogP contribution in [0, 0.1) is 17.8 Å². The Labute approximate surface area is 195 Å². The summed E-state index contributed by atoms with van der Waals surface area (Å²) < 4.78 is 1.69. The van der Waals surface area contributed by atoms with Crippen LogP contribution in [0.1, 0.15) is 102 Å². The summed E-state index contributed by atoms with van der Waals surface area (Å²) in [5.41, 5.74) is 0.0671. The predicted molar refractivity (Wildman–Crippen MR) is 143 cm³/mol. The third-order valence-electron chi connectivity index (χ3n) is 3.54. The Hall–Kier alpha value is -1.90. The Balaban J connectivity index is -0.000000153.